The fraction of sp³-hybridized carbons (Fsp3) is 0.562. The van der Waals surface area contributed by atoms with Crippen molar-refractivity contribution in [2.75, 3.05) is 6.61 Å². The third kappa shape index (κ3) is 1.79. The van der Waals surface area contributed by atoms with Crippen molar-refractivity contribution >= 4 is 6.29 Å². The fourth-order valence-electron chi connectivity index (χ4n) is 3.27. The normalized spacial score (nSPS) is 24.4. The third-order valence-electron chi connectivity index (χ3n) is 4.74. The molecule has 0 amide bonds. The summed E-state index contributed by atoms with van der Waals surface area (Å²) in [6.07, 6.45) is 5.21. The van der Waals surface area contributed by atoms with Gasteiger partial charge in [-0.05, 0) is 60.8 Å². The van der Waals surface area contributed by atoms with Crippen LogP contribution in [0.1, 0.15) is 40.5 Å². The molecule has 2 heteroatoms. The fourth-order valence-corrected chi connectivity index (χ4v) is 3.27. The van der Waals surface area contributed by atoms with Crippen LogP contribution < -0.4 is 0 Å². The van der Waals surface area contributed by atoms with Gasteiger partial charge in [0.15, 0.2) is 6.29 Å². The van der Waals surface area contributed by atoms with Crippen molar-refractivity contribution < 1.29 is 9.90 Å². The van der Waals surface area contributed by atoms with E-state index in [9.17, 15) is 9.90 Å². The largest absolute Gasteiger partial charge is 0.392 e. The third-order valence-corrected chi connectivity index (χ3v) is 4.74. The Kier molecular flexibility index (Phi) is 3.33. The van der Waals surface area contributed by atoms with E-state index in [-0.39, 0.29) is 12.0 Å². The molecule has 0 bridgehead atoms. The van der Waals surface area contributed by atoms with Crippen molar-refractivity contribution in [1.82, 2.24) is 0 Å². The summed E-state index contributed by atoms with van der Waals surface area (Å²) in [5, 5.41) is 9.55. The number of rotatable bonds is 4. The lowest BCUT2D eigenvalue weighted by Crippen LogP contribution is -2.14. The first-order valence-corrected chi connectivity index (χ1v) is 6.67. The Labute approximate surface area is 109 Å². The second-order valence-electron chi connectivity index (χ2n) is 5.85. The van der Waals surface area contributed by atoms with Gasteiger partial charge in [-0.3, -0.25) is 4.79 Å². The van der Waals surface area contributed by atoms with E-state index in [2.05, 4.69) is 20.8 Å². The van der Waals surface area contributed by atoms with Gasteiger partial charge >= 0.3 is 0 Å². The summed E-state index contributed by atoms with van der Waals surface area (Å²) in [6.45, 7) is 8.59. The Morgan fingerprint density at radius 2 is 2.11 bits per heavy atom. The van der Waals surface area contributed by atoms with E-state index in [1.54, 1.807) is 0 Å². The van der Waals surface area contributed by atoms with Crippen LogP contribution in [0.4, 0.5) is 0 Å². The molecule has 2 aliphatic carbocycles. The SMILES string of the molecule is CC1=C(CO)/C(=C(\C)C2(C(C)C)CC2)C(C=O)=C1. The molecule has 1 N–H and O–H groups in total. The van der Waals surface area contributed by atoms with Crippen molar-refractivity contribution in [2.24, 2.45) is 11.3 Å². The van der Waals surface area contributed by atoms with Gasteiger partial charge in [-0.1, -0.05) is 19.4 Å². The molecule has 98 valence electrons. The van der Waals surface area contributed by atoms with Crippen LogP contribution in [0.3, 0.4) is 0 Å². The van der Waals surface area contributed by atoms with E-state index >= 15 is 0 Å². The quantitative estimate of drug-likeness (QED) is 0.773. The Bertz CT molecular complexity index is 471. The van der Waals surface area contributed by atoms with E-state index in [1.165, 1.54) is 18.4 Å². The van der Waals surface area contributed by atoms with Crippen molar-refractivity contribution in [3.63, 3.8) is 0 Å². The number of hydrogen-bond acceptors (Lipinski definition) is 2. The first kappa shape index (κ1) is 13.3. The lowest BCUT2D eigenvalue weighted by atomic mass is 9.80. The first-order valence-electron chi connectivity index (χ1n) is 6.67. The molecule has 1 saturated carbocycles. The summed E-state index contributed by atoms with van der Waals surface area (Å²) in [5.41, 5.74) is 5.24. The average Bonchev–Trinajstić information content (AvgIpc) is 3.08. The predicted molar refractivity (Wildman–Crippen MR) is 73.1 cm³/mol. The molecule has 0 aliphatic heterocycles. The Morgan fingerprint density at radius 3 is 2.50 bits per heavy atom. The maximum absolute atomic E-state index is 11.2. The van der Waals surface area contributed by atoms with Gasteiger partial charge in [0.25, 0.3) is 0 Å². The number of hydrogen-bond donors (Lipinski definition) is 1. The van der Waals surface area contributed by atoms with Crippen LogP contribution in [0.2, 0.25) is 0 Å². The van der Waals surface area contributed by atoms with Crippen LogP contribution in [0.25, 0.3) is 0 Å². The Hall–Kier alpha value is -1.15. The van der Waals surface area contributed by atoms with E-state index in [4.69, 9.17) is 0 Å². The molecule has 18 heavy (non-hydrogen) atoms. The van der Waals surface area contributed by atoms with Gasteiger partial charge in [-0.15, -0.1) is 0 Å². The number of aldehydes is 1. The summed E-state index contributed by atoms with van der Waals surface area (Å²) >= 11 is 0. The minimum Gasteiger partial charge on any atom is -0.392 e. The minimum absolute atomic E-state index is 0.0144. The zero-order chi connectivity index (χ0) is 13.5. The average molecular weight is 246 g/mol. The van der Waals surface area contributed by atoms with Gasteiger partial charge in [-0.2, -0.15) is 0 Å². The molecule has 0 saturated heterocycles. The second-order valence-corrected chi connectivity index (χ2v) is 5.85. The van der Waals surface area contributed by atoms with Gasteiger partial charge < -0.3 is 5.11 Å². The monoisotopic (exact) mass is 246 g/mol. The highest BCUT2D eigenvalue weighted by Gasteiger charge is 2.48. The van der Waals surface area contributed by atoms with E-state index in [1.807, 2.05) is 13.0 Å². The number of aliphatic hydroxyl groups excluding tert-OH is 1. The molecule has 1 fully saturated rings. The van der Waals surface area contributed by atoms with E-state index in [0.29, 0.717) is 5.92 Å². The number of allylic oxidation sites excluding steroid dienone is 4. The smallest absolute Gasteiger partial charge is 0.150 e. The molecule has 2 aliphatic rings. The predicted octanol–water partition coefficient (Wildman–Crippen LogP) is 3.19. The van der Waals surface area contributed by atoms with Crippen molar-refractivity contribution in [1.29, 1.82) is 0 Å². The molecule has 0 heterocycles. The van der Waals surface area contributed by atoms with Crippen LogP contribution in [0, 0.1) is 11.3 Å². The first-order chi connectivity index (χ1) is 8.47. The molecular weight excluding hydrogens is 224 g/mol. The van der Waals surface area contributed by atoms with Crippen LogP contribution >= 0.6 is 0 Å². The number of carbonyl (C=O) groups is 1. The summed E-state index contributed by atoms with van der Waals surface area (Å²) in [6, 6.07) is 0. The highest BCUT2D eigenvalue weighted by Crippen LogP contribution is 2.59. The van der Waals surface area contributed by atoms with Crippen molar-refractivity contribution in [2.45, 2.75) is 40.5 Å². The maximum Gasteiger partial charge on any atom is 0.150 e. The Morgan fingerprint density at radius 1 is 1.50 bits per heavy atom. The van der Waals surface area contributed by atoms with Gasteiger partial charge in [0, 0.05) is 5.57 Å². The molecule has 2 nitrogen and oxygen atoms in total. The van der Waals surface area contributed by atoms with E-state index < -0.39 is 0 Å². The van der Waals surface area contributed by atoms with Gasteiger partial charge in [-0.25, -0.2) is 0 Å². The van der Waals surface area contributed by atoms with Crippen LogP contribution in [-0.4, -0.2) is 18.0 Å². The minimum atomic E-state index is 0.0144. The maximum atomic E-state index is 11.2. The standard InChI is InChI=1S/C16H22O2/c1-10(2)16(5-6-16)12(4)15-13(8-17)7-11(3)14(15)9-18/h7-8,10,18H,5-6,9H2,1-4H3/b15-12+. The summed E-state index contributed by atoms with van der Waals surface area (Å²) in [5.74, 6) is 0.582. The highest BCUT2D eigenvalue weighted by atomic mass is 16.3. The molecule has 0 aromatic rings. The van der Waals surface area contributed by atoms with E-state index in [0.717, 1.165) is 28.6 Å². The number of aliphatic hydroxyl groups is 1. The topological polar surface area (TPSA) is 37.3 Å². The molecule has 0 radical (unpaired) electrons. The van der Waals surface area contributed by atoms with Crippen LogP contribution in [0.15, 0.2) is 33.9 Å². The van der Waals surface area contributed by atoms with Gasteiger partial charge in [0.2, 0.25) is 0 Å². The van der Waals surface area contributed by atoms with Crippen LogP contribution in [0.5, 0.6) is 0 Å². The molecule has 2 rings (SSSR count). The van der Waals surface area contributed by atoms with Gasteiger partial charge in [0.05, 0.1) is 6.61 Å². The van der Waals surface area contributed by atoms with Crippen molar-refractivity contribution in [3.05, 3.63) is 33.9 Å². The molecule has 0 spiro atoms. The Balaban J connectivity index is 2.54. The summed E-state index contributed by atoms with van der Waals surface area (Å²) < 4.78 is 0. The highest BCUT2D eigenvalue weighted by molar-refractivity contribution is 5.87. The summed E-state index contributed by atoms with van der Waals surface area (Å²) in [4.78, 5) is 11.2. The lowest BCUT2D eigenvalue weighted by molar-refractivity contribution is -0.104. The molecule has 0 aromatic heterocycles. The van der Waals surface area contributed by atoms with Crippen molar-refractivity contribution in [3.8, 4) is 0 Å². The molecule has 0 unspecified atom stereocenters. The lowest BCUT2D eigenvalue weighted by Gasteiger charge is -2.24. The second kappa shape index (κ2) is 4.51. The zero-order valence-corrected chi connectivity index (χ0v) is 11.7. The zero-order valence-electron chi connectivity index (χ0n) is 11.7. The summed E-state index contributed by atoms with van der Waals surface area (Å²) in [7, 11) is 0. The number of carbonyl (C=O) groups excluding carboxylic acids is 1. The molecular formula is C16H22O2. The van der Waals surface area contributed by atoms with Crippen LogP contribution in [-0.2, 0) is 4.79 Å². The molecule has 0 aromatic carbocycles. The van der Waals surface area contributed by atoms with Gasteiger partial charge in [0.1, 0.15) is 0 Å². The molecule has 0 atom stereocenters.